The van der Waals surface area contributed by atoms with Crippen molar-refractivity contribution in [2.45, 2.75) is 31.2 Å². The molecule has 0 spiro atoms. The van der Waals surface area contributed by atoms with Gasteiger partial charge < -0.3 is 19.9 Å². The van der Waals surface area contributed by atoms with Crippen molar-refractivity contribution in [3.8, 4) is 0 Å². The Morgan fingerprint density at radius 3 is 2.15 bits per heavy atom. The summed E-state index contributed by atoms with van der Waals surface area (Å²) in [6, 6.07) is 15.1. The molecule has 1 aliphatic rings. The molecular weight excluding hydrogens is 385 g/mol. The van der Waals surface area contributed by atoms with Crippen LogP contribution in [0.5, 0.6) is 0 Å². The highest BCUT2D eigenvalue weighted by Crippen LogP contribution is 2.28. The number of ether oxygens (including phenoxy) is 2. The van der Waals surface area contributed by atoms with Crippen molar-refractivity contribution in [1.82, 2.24) is 0 Å². The zero-order chi connectivity index (χ0) is 19.1. The second kappa shape index (κ2) is 10.4. The maximum absolute atomic E-state index is 10.3. The van der Waals surface area contributed by atoms with Crippen molar-refractivity contribution in [3.05, 3.63) is 69.7 Å². The van der Waals surface area contributed by atoms with Crippen LogP contribution in [0, 0.1) is 0 Å². The van der Waals surface area contributed by atoms with Gasteiger partial charge in [-0.25, -0.2) is 0 Å². The predicted octanol–water partition coefficient (Wildman–Crippen LogP) is 3.20. The number of hydrogen-bond acceptors (Lipinski definition) is 3. The van der Waals surface area contributed by atoms with Crippen molar-refractivity contribution in [3.63, 3.8) is 0 Å². The fourth-order valence-electron chi connectivity index (χ4n) is 3.24. The fourth-order valence-corrected chi connectivity index (χ4v) is 3.49. The van der Waals surface area contributed by atoms with Crippen LogP contribution >= 0.6 is 23.2 Å². The molecule has 0 unspecified atom stereocenters. The van der Waals surface area contributed by atoms with E-state index in [2.05, 4.69) is 5.32 Å². The summed E-state index contributed by atoms with van der Waals surface area (Å²) >= 11 is 12.0. The lowest BCUT2D eigenvalue weighted by atomic mass is 10.0. The largest absolute Gasteiger partial charge is 0.385 e. The number of nitrogens with two attached hydrogens (primary N) is 1. The molecule has 1 aliphatic heterocycles. The van der Waals surface area contributed by atoms with E-state index in [4.69, 9.17) is 32.7 Å². The Hall–Kier alpha value is -1.14. The summed E-state index contributed by atoms with van der Waals surface area (Å²) in [5, 5.41) is 13.8. The van der Waals surface area contributed by atoms with Gasteiger partial charge in [-0.2, -0.15) is 0 Å². The van der Waals surface area contributed by atoms with Gasteiger partial charge >= 0.3 is 0 Å². The quantitative estimate of drug-likeness (QED) is 0.667. The van der Waals surface area contributed by atoms with Gasteiger partial charge in [-0.05, 0) is 48.2 Å². The van der Waals surface area contributed by atoms with Crippen molar-refractivity contribution < 1.29 is 19.9 Å². The molecule has 0 radical (unpaired) electrons. The highest BCUT2D eigenvalue weighted by Gasteiger charge is 2.20. The SMILES string of the molecule is O[C@H](C[NH2+]C[C@H]1CCCO1)COC(c1ccc(Cl)cc1)c1ccc(Cl)cc1. The van der Waals surface area contributed by atoms with Crippen LogP contribution in [0.25, 0.3) is 0 Å². The Labute approximate surface area is 170 Å². The molecule has 3 N–H and O–H groups in total. The third kappa shape index (κ3) is 6.46. The topological polar surface area (TPSA) is 55.3 Å². The van der Waals surface area contributed by atoms with Crippen LogP contribution < -0.4 is 5.32 Å². The average Bonchev–Trinajstić information content (AvgIpc) is 3.18. The minimum Gasteiger partial charge on any atom is -0.385 e. The smallest absolute Gasteiger partial charge is 0.126 e. The van der Waals surface area contributed by atoms with E-state index in [-0.39, 0.29) is 12.7 Å². The Balaban J connectivity index is 1.57. The van der Waals surface area contributed by atoms with E-state index in [1.165, 1.54) is 0 Å². The number of halogens is 2. The van der Waals surface area contributed by atoms with Gasteiger partial charge in [0.2, 0.25) is 0 Å². The van der Waals surface area contributed by atoms with Crippen LogP contribution in [0.15, 0.2) is 48.5 Å². The molecule has 146 valence electrons. The number of benzene rings is 2. The first-order valence-electron chi connectivity index (χ1n) is 9.35. The minimum atomic E-state index is -0.548. The molecule has 0 aromatic heterocycles. The summed E-state index contributed by atoms with van der Waals surface area (Å²) in [5.74, 6) is 0. The van der Waals surface area contributed by atoms with Gasteiger partial charge in [0.05, 0.1) is 6.61 Å². The van der Waals surface area contributed by atoms with Crippen LogP contribution in [0.2, 0.25) is 10.0 Å². The molecule has 27 heavy (non-hydrogen) atoms. The van der Waals surface area contributed by atoms with Crippen molar-refractivity contribution in [2.24, 2.45) is 0 Å². The van der Waals surface area contributed by atoms with Crippen LogP contribution in [-0.4, -0.2) is 43.6 Å². The first-order chi connectivity index (χ1) is 13.1. The van der Waals surface area contributed by atoms with Crippen molar-refractivity contribution >= 4 is 23.2 Å². The summed E-state index contributed by atoms with van der Waals surface area (Å²) < 4.78 is 11.7. The lowest BCUT2D eigenvalue weighted by molar-refractivity contribution is -0.667. The third-order valence-corrected chi connectivity index (χ3v) is 5.20. The van der Waals surface area contributed by atoms with Crippen LogP contribution in [0.1, 0.15) is 30.1 Å². The van der Waals surface area contributed by atoms with E-state index in [1.807, 2.05) is 48.5 Å². The predicted molar refractivity (Wildman–Crippen MR) is 107 cm³/mol. The molecule has 2 aromatic rings. The Morgan fingerprint density at radius 2 is 1.63 bits per heavy atom. The zero-order valence-electron chi connectivity index (χ0n) is 15.2. The van der Waals surface area contributed by atoms with Crippen molar-refractivity contribution in [1.29, 1.82) is 0 Å². The minimum absolute atomic E-state index is 0.248. The molecule has 2 atom stereocenters. The molecule has 0 saturated carbocycles. The lowest BCUT2D eigenvalue weighted by Gasteiger charge is -2.21. The van der Waals surface area contributed by atoms with E-state index in [1.54, 1.807) is 0 Å². The zero-order valence-corrected chi connectivity index (χ0v) is 16.7. The molecule has 6 heteroatoms. The second-order valence-corrected chi connectivity index (χ2v) is 7.74. The van der Waals surface area contributed by atoms with Crippen LogP contribution in [0.4, 0.5) is 0 Å². The van der Waals surface area contributed by atoms with E-state index in [0.29, 0.717) is 22.7 Å². The number of quaternary nitrogens is 1. The summed E-state index contributed by atoms with van der Waals surface area (Å²) in [4.78, 5) is 0. The Morgan fingerprint density at radius 1 is 1.04 bits per heavy atom. The number of aliphatic hydroxyl groups excluding tert-OH is 1. The number of rotatable bonds is 9. The van der Waals surface area contributed by atoms with Crippen molar-refractivity contribution in [2.75, 3.05) is 26.3 Å². The first-order valence-corrected chi connectivity index (χ1v) is 10.1. The summed E-state index contributed by atoms with van der Waals surface area (Å²) in [6.45, 7) is 2.58. The maximum atomic E-state index is 10.3. The molecule has 1 fully saturated rings. The van der Waals surface area contributed by atoms with Gasteiger partial charge in [-0.15, -0.1) is 0 Å². The summed E-state index contributed by atoms with van der Waals surface area (Å²) in [5.41, 5.74) is 1.97. The third-order valence-electron chi connectivity index (χ3n) is 4.69. The normalized spacial score (nSPS) is 18.1. The molecule has 4 nitrogen and oxygen atoms in total. The molecule has 1 heterocycles. The fraction of sp³-hybridized carbons (Fsp3) is 0.429. The number of aliphatic hydroxyl groups is 1. The highest BCUT2D eigenvalue weighted by atomic mass is 35.5. The standard InChI is InChI=1S/C21H25Cl2NO3/c22-17-7-3-15(4-8-17)21(16-5-9-18(23)10-6-16)27-14-19(25)12-24-13-20-2-1-11-26-20/h3-10,19-21,24-25H,1-2,11-14H2/p+1/t19-,20-/m1/s1. The lowest BCUT2D eigenvalue weighted by Crippen LogP contribution is -2.88. The monoisotopic (exact) mass is 410 g/mol. The van der Waals surface area contributed by atoms with Gasteiger partial charge in [-0.3, -0.25) is 0 Å². The van der Waals surface area contributed by atoms with E-state index in [0.717, 1.165) is 37.1 Å². The Kier molecular flexibility index (Phi) is 7.94. The molecule has 0 amide bonds. The summed E-state index contributed by atoms with van der Waals surface area (Å²) in [6.07, 6.45) is 1.72. The van der Waals surface area contributed by atoms with Crippen LogP contribution in [0.3, 0.4) is 0 Å². The molecule has 0 aliphatic carbocycles. The van der Waals surface area contributed by atoms with Gasteiger partial charge in [0.15, 0.2) is 0 Å². The highest BCUT2D eigenvalue weighted by molar-refractivity contribution is 6.30. The Bertz CT molecular complexity index is 642. The molecule has 3 rings (SSSR count). The average molecular weight is 411 g/mol. The maximum Gasteiger partial charge on any atom is 0.126 e. The van der Waals surface area contributed by atoms with Gasteiger partial charge in [0, 0.05) is 16.7 Å². The molecular formula is C21H26Cl2NO3+. The van der Waals surface area contributed by atoms with E-state index >= 15 is 0 Å². The van der Waals surface area contributed by atoms with Gasteiger partial charge in [-0.1, -0.05) is 47.5 Å². The molecule has 2 aromatic carbocycles. The van der Waals surface area contributed by atoms with Gasteiger partial charge in [0.25, 0.3) is 0 Å². The molecule has 1 saturated heterocycles. The van der Waals surface area contributed by atoms with Gasteiger partial charge in [0.1, 0.15) is 31.4 Å². The first kappa shape index (κ1) is 20.6. The number of hydrogen-bond donors (Lipinski definition) is 2. The second-order valence-electron chi connectivity index (χ2n) is 6.87. The molecule has 0 bridgehead atoms. The van der Waals surface area contributed by atoms with E-state index < -0.39 is 6.10 Å². The van der Waals surface area contributed by atoms with E-state index in [9.17, 15) is 5.11 Å². The van der Waals surface area contributed by atoms with Crippen LogP contribution in [-0.2, 0) is 9.47 Å². The summed E-state index contributed by atoms with van der Waals surface area (Å²) in [7, 11) is 0.